The minimum Gasteiger partial charge on any atom is -0.462 e. The Bertz CT molecular complexity index is 381. The minimum absolute atomic E-state index is 0.166. The van der Waals surface area contributed by atoms with Gasteiger partial charge < -0.3 is 9.47 Å². The molecule has 0 bridgehead atoms. The third kappa shape index (κ3) is 21.5. The fourth-order valence-corrected chi connectivity index (χ4v) is 3.41. The highest BCUT2D eigenvalue weighted by molar-refractivity contribution is 5.70. The van der Waals surface area contributed by atoms with Gasteiger partial charge in [-0.2, -0.15) is 0 Å². The Morgan fingerprint density at radius 2 is 0.966 bits per heavy atom. The highest BCUT2D eigenvalue weighted by atomic mass is 16.6. The van der Waals surface area contributed by atoms with Crippen LogP contribution in [0.25, 0.3) is 0 Å². The first kappa shape index (κ1) is 27.9. The maximum absolute atomic E-state index is 11.8. The first-order valence-electron chi connectivity index (χ1n) is 12.4. The molecule has 0 saturated carbocycles. The van der Waals surface area contributed by atoms with E-state index in [9.17, 15) is 9.59 Å². The minimum atomic E-state index is -0.362. The van der Waals surface area contributed by atoms with E-state index in [1.54, 1.807) is 6.92 Å². The third-order valence-corrected chi connectivity index (χ3v) is 5.28. The van der Waals surface area contributed by atoms with Gasteiger partial charge in [0.25, 0.3) is 0 Å². The average Bonchev–Trinajstić information content (AvgIpc) is 2.70. The van der Waals surface area contributed by atoms with E-state index in [2.05, 4.69) is 13.8 Å². The zero-order chi connectivity index (χ0) is 21.6. The number of hydrogen-bond acceptors (Lipinski definition) is 4. The first-order chi connectivity index (χ1) is 14.1. The van der Waals surface area contributed by atoms with Crippen LogP contribution in [0.4, 0.5) is 0 Å². The summed E-state index contributed by atoms with van der Waals surface area (Å²) in [5, 5.41) is 0. The third-order valence-electron chi connectivity index (χ3n) is 5.28. The predicted molar refractivity (Wildman–Crippen MR) is 121 cm³/mol. The van der Waals surface area contributed by atoms with Gasteiger partial charge >= 0.3 is 11.9 Å². The Hall–Kier alpha value is -1.06. The SMILES string of the molecule is CCCCCCCCCCC(=O)OCC(C)OC(=O)CCCCCCCCCC. The molecular formula is C25H48O4. The summed E-state index contributed by atoms with van der Waals surface area (Å²) < 4.78 is 10.6. The molecule has 0 spiro atoms. The van der Waals surface area contributed by atoms with Crippen LogP contribution in [-0.2, 0) is 19.1 Å². The molecule has 0 fully saturated rings. The Labute approximate surface area is 180 Å². The van der Waals surface area contributed by atoms with Gasteiger partial charge in [0.1, 0.15) is 12.7 Å². The van der Waals surface area contributed by atoms with Crippen molar-refractivity contribution in [2.24, 2.45) is 0 Å². The number of esters is 2. The first-order valence-corrected chi connectivity index (χ1v) is 12.4. The van der Waals surface area contributed by atoms with Crippen LogP contribution >= 0.6 is 0 Å². The summed E-state index contributed by atoms with van der Waals surface area (Å²) >= 11 is 0. The molecule has 0 aliphatic heterocycles. The maximum atomic E-state index is 11.8. The summed E-state index contributed by atoms with van der Waals surface area (Å²) in [6.45, 7) is 6.41. The van der Waals surface area contributed by atoms with Crippen LogP contribution < -0.4 is 0 Å². The summed E-state index contributed by atoms with van der Waals surface area (Å²) in [6, 6.07) is 0. The molecular weight excluding hydrogens is 364 g/mol. The van der Waals surface area contributed by atoms with Gasteiger partial charge in [0.05, 0.1) is 0 Å². The molecule has 0 aliphatic rings. The predicted octanol–water partition coefficient (Wildman–Crippen LogP) is 7.52. The molecule has 0 radical (unpaired) electrons. The monoisotopic (exact) mass is 412 g/mol. The van der Waals surface area contributed by atoms with Crippen molar-refractivity contribution in [2.75, 3.05) is 6.61 Å². The molecule has 4 nitrogen and oxygen atoms in total. The van der Waals surface area contributed by atoms with Crippen LogP contribution in [0.1, 0.15) is 136 Å². The highest BCUT2D eigenvalue weighted by Crippen LogP contribution is 2.11. The highest BCUT2D eigenvalue weighted by Gasteiger charge is 2.12. The fourth-order valence-electron chi connectivity index (χ4n) is 3.41. The number of carbonyl (C=O) groups is 2. The van der Waals surface area contributed by atoms with Crippen LogP contribution in [0.3, 0.4) is 0 Å². The van der Waals surface area contributed by atoms with Crippen LogP contribution in [-0.4, -0.2) is 24.6 Å². The largest absolute Gasteiger partial charge is 0.462 e. The molecule has 0 N–H and O–H groups in total. The molecule has 1 atom stereocenters. The van der Waals surface area contributed by atoms with Crippen molar-refractivity contribution in [3.8, 4) is 0 Å². The van der Waals surface area contributed by atoms with Crippen LogP contribution in [0.2, 0.25) is 0 Å². The molecule has 0 heterocycles. The summed E-state index contributed by atoms with van der Waals surface area (Å²) in [6.07, 6.45) is 19.9. The van der Waals surface area contributed by atoms with Gasteiger partial charge in [-0.1, -0.05) is 104 Å². The molecule has 0 aliphatic carbocycles. The van der Waals surface area contributed by atoms with Crippen LogP contribution in [0, 0.1) is 0 Å². The number of unbranched alkanes of at least 4 members (excludes halogenated alkanes) is 14. The van der Waals surface area contributed by atoms with E-state index in [1.807, 2.05) is 0 Å². The summed E-state index contributed by atoms with van der Waals surface area (Å²) in [4.78, 5) is 23.6. The molecule has 29 heavy (non-hydrogen) atoms. The molecule has 0 aromatic rings. The van der Waals surface area contributed by atoms with Gasteiger partial charge in [-0.15, -0.1) is 0 Å². The van der Waals surface area contributed by atoms with Crippen molar-refractivity contribution >= 4 is 11.9 Å². The van der Waals surface area contributed by atoms with E-state index in [-0.39, 0.29) is 24.6 Å². The Morgan fingerprint density at radius 1 is 0.586 bits per heavy atom. The van der Waals surface area contributed by atoms with Crippen molar-refractivity contribution in [3.63, 3.8) is 0 Å². The second-order valence-electron chi connectivity index (χ2n) is 8.43. The second kappa shape index (κ2) is 21.6. The maximum Gasteiger partial charge on any atom is 0.306 e. The van der Waals surface area contributed by atoms with Crippen LogP contribution in [0.5, 0.6) is 0 Å². The summed E-state index contributed by atoms with van der Waals surface area (Å²) in [7, 11) is 0. The molecule has 0 rings (SSSR count). The Balaban J connectivity index is 3.48. The van der Waals surface area contributed by atoms with Crippen molar-refractivity contribution in [1.82, 2.24) is 0 Å². The van der Waals surface area contributed by atoms with Gasteiger partial charge in [-0.25, -0.2) is 0 Å². The molecule has 0 aromatic carbocycles. The Kier molecular flexibility index (Phi) is 20.9. The lowest BCUT2D eigenvalue weighted by Crippen LogP contribution is -2.22. The lowest BCUT2D eigenvalue weighted by atomic mass is 10.1. The lowest BCUT2D eigenvalue weighted by molar-refractivity contribution is -0.158. The molecule has 172 valence electrons. The standard InChI is InChI=1S/C25H48O4/c1-4-6-8-10-12-14-16-18-20-24(26)28-22-23(3)29-25(27)21-19-17-15-13-11-9-7-5-2/h23H,4-22H2,1-3H3. The zero-order valence-electron chi connectivity index (χ0n) is 19.6. The van der Waals surface area contributed by atoms with Crippen molar-refractivity contribution in [3.05, 3.63) is 0 Å². The quantitative estimate of drug-likeness (QED) is 0.144. The van der Waals surface area contributed by atoms with E-state index in [4.69, 9.17) is 9.47 Å². The molecule has 0 amide bonds. The topological polar surface area (TPSA) is 52.6 Å². The van der Waals surface area contributed by atoms with Gasteiger partial charge in [-0.05, 0) is 19.8 Å². The second-order valence-corrected chi connectivity index (χ2v) is 8.43. The molecule has 0 aromatic heterocycles. The zero-order valence-corrected chi connectivity index (χ0v) is 19.6. The van der Waals surface area contributed by atoms with Crippen molar-refractivity contribution < 1.29 is 19.1 Å². The normalized spacial score (nSPS) is 12.0. The molecule has 4 heteroatoms. The summed E-state index contributed by atoms with van der Waals surface area (Å²) in [5.74, 6) is -0.357. The van der Waals surface area contributed by atoms with Crippen LogP contribution in [0.15, 0.2) is 0 Å². The van der Waals surface area contributed by atoms with Gasteiger partial charge in [0.2, 0.25) is 0 Å². The fraction of sp³-hybridized carbons (Fsp3) is 0.920. The van der Waals surface area contributed by atoms with Gasteiger partial charge in [0.15, 0.2) is 0 Å². The van der Waals surface area contributed by atoms with Crippen molar-refractivity contribution in [1.29, 1.82) is 0 Å². The van der Waals surface area contributed by atoms with E-state index in [0.717, 1.165) is 25.7 Å². The van der Waals surface area contributed by atoms with E-state index in [1.165, 1.54) is 77.0 Å². The van der Waals surface area contributed by atoms with Gasteiger partial charge in [0, 0.05) is 12.8 Å². The summed E-state index contributed by atoms with van der Waals surface area (Å²) in [5.41, 5.74) is 0. The molecule has 1 unspecified atom stereocenters. The van der Waals surface area contributed by atoms with E-state index >= 15 is 0 Å². The van der Waals surface area contributed by atoms with Gasteiger partial charge in [-0.3, -0.25) is 9.59 Å². The van der Waals surface area contributed by atoms with E-state index in [0.29, 0.717) is 12.8 Å². The van der Waals surface area contributed by atoms with Crippen molar-refractivity contribution in [2.45, 2.75) is 142 Å². The number of ether oxygens (including phenoxy) is 2. The smallest absolute Gasteiger partial charge is 0.306 e. The molecule has 0 saturated heterocycles. The number of hydrogen-bond donors (Lipinski definition) is 0. The van der Waals surface area contributed by atoms with E-state index < -0.39 is 0 Å². The Morgan fingerprint density at radius 3 is 1.41 bits per heavy atom. The number of rotatable bonds is 21. The average molecular weight is 413 g/mol. The number of carbonyl (C=O) groups excluding carboxylic acids is 2. The lowest BCUT2D eigenvalue weighted by Gasteiger charge is -2.13.